The topological polar surface area (TPSA) is 82.9 Å². The highest BCUT2D eigenvalue weighted by Crippen LogP contribution is 2.35. The second kappa shape index (κ2) is 13.0. The van der Waals surface area contributed by atoms with Gasteiger partial charge in [0.05, 0.1) is 18.7 Å². The summed E-state index contributed by atoms with van der Waals surface area (Å²) in [7, 11) is 1.62. The summed E-state index contributed by atoms with van der Waals surface area (Å²) in [5.41, 5.74) is 2.41. The predicted octanol–water partition coefficient (Wildman–Crippen LogP) is 5.63. The maximum atomic E-state index is 13.9. The van der Waals surface area contributed by atoms with Gasteiger partial charge in [-0.15, -0.1) is 0 Å². The van der Waals surface area contributed by atoms with Crippen molar-refractivity contribution in [1.82, 2.24) is 9.88 Å². The molecular weight excluding hydrogens is 471 g/mol. The fourth-order valence-electron chi connectivity index (χ4n) is 5.66. The molecule has 2 aromatic carbocycles. The lowest BCUT2D eigenvalue weighted by Crippen LogP contribution is -2.41. The Labute approximate surface area is 218 Å². The number of nitrogens with zero attached hydrogens (tertiary/aromatic N) is 2. The molecule has 0 radical (unpaired) electrons. The third-order valence-electron chi connectivity index (χ3n) is 7.74. The number of likely N-dealkylation sites (tertiary alicyclic amines) is 1. The summed E-state index contributed by atoms with van der Waals surface area (Å²) in [5, 5.41) is 21.3. The Morgan fingerprint density at radius 3 is 2.81 bits per heavy atom. The van der Waals surface area contributed by atoms with Gasteiger partial charge in [0.1, 0.15) is 11.6 Å². The summed E-state index contributed by atoms with van der Waals surface area (Å²) in [5.74, 6) is 0.427. The van der Waals surface area contributed by atoms with E-state index in [0.717, 1.165) is 66.7 Å². The van der Waals surface area contributed by atoms with Crippen LogP contribution in [0.3, 0.4) is 0 Å². The number of ether oxygens (including phenoxy) is 1. The number of carbonyl (C=O) groups is 1. The molecule has 1 aromatic heterocycles. The molecule has 0 aliphatic carbocycles. The Balaban J connectivity index is 1.35. The molecule has 1 aliphatic heterocycles. The summed E-state index contributed by atoms with van der Waals surface area (Å²) in [6, 6.07) is 14.5. The number of aliphatic hydroxyl groups is 1. The van der Waals surface area contributed by atoms with Gasteiger partial charge in [0.2, 0.25) is 0 Å². The van der Waals surface area contributed by atoms with Crippen molar-refractivity contribution in [3.05, 3.63) is 71.7 Å². The van der Waals surface area contributed by atoms with Crippen LogP contribution < -0.4 is 4.74 Å². The number of carboxylic acid groups (broad SMARTS) is 1. The van der Waals surface area contributed by atoms with E-state index in [1.807, 2.05) is 36.4 Å². The number of carboxylic acids is 1. The second-order valence-electron chi connectivity index (χ2n) is 10.1. The highest BCUT2D eigenvalue weighted by molar-refractivity contribution is 5.83. The van der Waals surface area contributed by atoms with Crippen LogP contribution in [-0.4, -0.2) is 52.8 Å². The Morgan fingerprint density at radius 2 is 2.03 bits per heavy atom. The van der Waals surface area contributed by atoms with Crippen molar-refractivity contribution in [3.8, 4) is 5.75 Å². The van der Waals surface area contributed by atoms with Gasteiger partial charge in [-0.05, 0) is 105 Å². The Hall–Kier alpha value is -3.03. The molecular formula is C30H37FN2O4. The van der Waals surface area contributed by atoms with Gasteiger partial charge in [-0.2, -0.15) is 0 Å². The zero-order chi connectivity index (χ0) is 26.2. The van der Waals surface area contributed by atoms with Gasteiger partial charge in [-0.25, -0.2) is 4.39 Å². The number of benzene rings is 2. The Kier molecular flexibility index (Phi) is 9.47. The van der Waals surface area contributed by atoms with Gasteiger partial charge < -0.3 is 19.8 Å². The van der Waals surface area contributed by atoms with E-state index in [1.54, 1.807) is 19.4 Å². The van der Waals surface area contributed by atoms with E-state index in [1.165, 1.54) is 6.07 Å². The van der Waals surface area contributed by atoms with Crippen molar-refractivity contribution in [2.75, 3.05) is 26.7 Å². The van der Waals surface area contributed by atoms with E-state index in [9.17, 15) is 19.4 Å². The largest absolute Gasteiger partial charge is 0.497 e. The van der Waals surface area contributed by atoms with Gasteiger partial charge in [0.15, 0.2) is 0 Å². The van der Waals surface area contributed by atoms with Crippen molar-refractivity contribution in [2.45, 2.75) is 51.0 Å². The van der Waals surface area contributed by atoms with Gasteiger partial charge in [-0.1, -0.05) is 18.2 Å². The standard InChI is InChI=1S/C30H37FN2O4/c1-37-24-10-11-28-26(19-24)25(14-16-32-28)29(34)12-8-21-15-18-33(20-23(21)9-13-30(35)36)17-4-6-22-5-2-3-7-27(22)31/h2-3,5,7,10-11,14,16,19,21,23,29,34H,4,6,8-9,12-13,15,17-18,20H2,1H3,(H,35,36)/t21-,23-,29-/m1/s1. The first-order valence-corrected chi connectivity index (χ1v) is 13.2. The lowest BCUT2D eigenvalue weighted by molar-refractivity contribution is -0.137. The number of hydrogen-bond acceptors (Lipinski definition) is 5. The molecule has 1 saturated heterocycles. The maximum Gasteiger partial charge on any atom is 0.303 e. The number of aryl methyl sites for hydroxylation is 1. The van der Waals surface area contributed by atoms with Crippen LogP contribution in [0.5, 0.6) is 5.75 Å². The molecule has 2 N–H and O–H groups in total. The lowest BCUT2D eigenvalue weighted by Gasteiger charge is -2.39. The lowest BCUT2D eigenvalue weighted by atomic mass is 9.79. The molecule has 6 nitrogen and oxygen atoms in total. The molecule has 198 valence electrons. The monoisotopic (exact) mass is 508 g/mol. The fraction of sp³-hybridized carbons (Fsp3) is 0.467. The van der Waals surface area contributed by atoms with Gasteiger partial charge in [0.25, 0.3) is 0 Å². The van der Waals surface area contributed by atoms with Crippen LogP contribution in [0.4, 0.5) is 4.39 Å². The zero-order valence-corrected chi connectivity index (χ0v) is 21.5. The third kappa shape index (κ3) is 7.27. The van der Waals surface area contributed by atoms with Gasteiger partial charge in [-0.3, -0.25) is 9.78 Å². The Bertz CT molecular complexity index is 1190. The SMILES string of the molecule is COc1ccc2nccc([C@H](O)CC[C@@H]3CCN(CCCc4ccccc4F)C[C@H]3CCC(=O)O)c2c1. The number of methoxy groups -OCH3 is 1. The van der Waals surface area contributed by atoms with E-state index in [0.29, 0.717) is 25.2 Å². The van der Waals surface area contributed by atoms with Crippen LogP contribution in [-0.2, 0) is 11.2 Å². The molecule has 0 bridgehead atoms. The summed E-state index contributed by atoms with van der Waals surface area (Å²) >= 11 is 0. The van der Waals surface area contributed by atoms with Crippen molar-refractivity contribution < 1.29 is 24.1 Å². The van der Waals surface area contributed by atoms with E-state index in [2.05, 4.69) is 9.88 Å². The number of hydrogen-bond donors (Lipinski definition) is 2. The molecule has 0 amide bonds. The molecule has 2 heterocycles. The zero-order valence-electron chi connectivity index (χ0n) is 21.5. The number of aliphatic carboxylic acids is 1. The van der Waals surface area contributed by atoms with Crippen LogP contribution >= 0.6 is 0 Å². The van der Waals surface area contributed by atoms with E-state index < -0.39 is 12.1 Å². The minimum absolute atomic E-state index is 0.153. The quantitative estimate of drug-likeness (QED) is 0.330. The summed E-state index contributed by atoms with van der Waals surface area (Å²) in [4.78, 5) is 18.1. The first-order valence-electron chi connectivity index (χ1n) is 13.2. The number of halogens is 1. The molecule has 1 aliphatic rings. The molecule has 0 saturated carbocycles. The minimum atomic E-state index is -0.771. The van der Waals surface area contributed by atoms with Crippen LogP contribution in [0, 0.1) is 17.7 Å². The average Bonchev–Trinajstić information content (AvgIpc) is 2.91. The number of aliphatic hydroxyl groups excluding tert-OH is 1. The summed E-state index contributed by atoms with van der Waals surface area (Å²) in [6.45, 7) is 2.66. The Morgan fingerprint density at radius 1 is 1.19 bits per heavy atom. The van der Waals surface area contributed by atoms with E-state index >= 15 is 0 Å². The molecule has 3 atom stereocenters. The van der Waals surface area contributed by atoms with Crippen LogP contribution in [0.25, 0.3) is 10.9 Å². The molecule has 1 fully saturated rings. The molecule has 0 unspecified atom stereocenters. The number of rotatable bonds is 12. The van der Waals surface area contributed by atoms with Crippen LogP contribution in [0.1, 0.15) is 55.8 Å². The van der Waals surface area contributed by atoms with Gasteiger partial charge in [0, 0.05) is 24.5 Å². The van der Waals surface area contributed by atoms with Gasteiger partial charge >= 0.3 is 5.97 Å². The number of piperidine rings is 1. The molecule has 7 heteroatoms. The van der Waals surface area contributed by atoms with Crippen molar-refractivity contribution in [2.24, 2.45) is 11.8 Å². The number of aromatic nitrogens is 1. The highest BCUT2D eigenvalue weighted by atomic mass is 19.1. The third-order valence-corrected chi connectivity index (χ3v) is 7.74. The van der Waals surface area contributed by atoms with Crippen LogP contribution in [0.15, 0.2) is 54.7 Å². The maximum absolute atomic E-state index is 13.9. The number of fused-ring (bicyclic) bond motifs is 1. The normalized spacial score (nSPS) is 19.1. The second-order valence-corrected chi connectivity index (χ2v) is 10.1. The molecule has 37 heavy (non-hydrogen) atoms. The smallest absolute Gasteiger partial charge is 0.303 e. The predicted molar refractivity (Wildman–Crippen MR) is 142 cm³/mol. The van der Waals surface area contributed by atoms with Crippen molar-refractivity contribution >= 4 is 16.9 Å². The summed E-state index contributed by atoms with van der Waals surface area (Å²) < 4.78 is 19.3. The average molecular weight is 509 g/mol. The summed E-state index contributed by atoms with van der Waals surface area (Å²) in [6.07, 6.45) is 5.87. The molecule has 4 rings (SSSR count). The van der Waals surface area contributed by atoms with E-state index in [4.69, 9.17) is 4.74 Å². The molecule has 0 spiro atoms. The highest BCUT2D eigenvalue weighted by Gasteiger charge is 2.30. The first kappa shape index (κ1) is 27.0. The molecule has 3 aromatic rings. The minimum Gasteiger partial charge on any atom is -0.497 e. The van der Waals surface area contributed by atoms with E-state index in [-0.39, 0.29) is 18.2 Å². The van der Waals surface area contributed by atoms with Crippen LogP contribution in [0.2, 0.25) is 0 Å². The van der Waals surface area contributed by atoms with Crippen molar-refractivity contribution in [3.63, 3.8) is 0 Å². The first-order chi connectivity index (χ1) is 17.9. The van der Waals surface area contributed by atoms with Crippen molar-refractivity contribution in [1.29, 1.82) is 0 Å². The fourth-order valence-corrected chi connectivity index (χ4v) is 5.66. The number of pyridine rings is 1.